The van der Waals surface area contributed by atoms with E-state index in [2.05, 4.69) is 4.74 Å². The summed E-state index contributed by atoms with van der Waals surface area (Å²) in [5, 5.41) is 0. The van der Waals surface area contributed by atoms with Crippen molar-refractivity contribution in [3.8, 4) is 16.9 Å². The summed E-state index contributed by atoms with van der Waals surface area (Å²) in [5.41, 5.74) is 2.25. The Hall–Kier alpha value is -3.16. The van der Waals surface area contributed by atoms with Crippen LogP contribution in [0.25, 0.3) is 22.2 Å². The molecule has 2 aromatic carbocycles. The summed E-state index contributed by atoms with van der Waals surface area (Å²) in [7, 11) is 0. The molecular weight excluding hydrogens is 372 g/mol. The lowest BCUT2D eigenvalue weighted by molar-refractivity contribution is -0.144. The van der Waals surface area contributed by atoms with Crippen LogP contribution >= 0.6 is 0 Å². The third-order valence-electron chi connectivity index (χ3n) is 4.13. The molecule has 1 heterocycles. The Balaban J connectivity index is 1.86. The zero-order valence-corrected chi connectivity index (χ0v) is 15.2. The third-order valence-corrected chi connectivity index (χ3v) is 4.13. The quantitative estimate of drug-likeness (QED) is 0.425. The third kappa shape index (κ3) is 4.57. The number of fused-ring (bicyclic) bond motifs is 1. The fraction of sp³-hybridized carbons (Fsp3) is 0.300. The van der Waals surface area contributed by atoms with E-state index >= 15 is 0 Å². The lowest BCUT2D eigenvalue weighted by Crippen LogP contribution is -2.22. The molecule has 0 N–H and O–H groups in total. The van der Waals surface area contributed by atoms with Crippen LogP contribution in [-0.2, 0) is 16.1 Å². The van der Waals surface area contributed by atoms with Crippen molar-refractivity contribution in [3.63, 3.8) is 0 Å². The molecule has 3 rings (SSSR count). The van der Waals surface area contributed by atoms with Crippen molar-refractivity contribution in [3.05, 3.63) is 53.0 Å². The van der Waals surface area contributed by atoms with Gasteiger partial charge in [0.15, 0.2) is 5.58 Å². The van der Waals surface area contributed by atoms with Gasteiger partial charge in [-0.1, -0.05) is 31.5 Å². The largest absolute Gasteiger partial charge is 0.464 e. The maximum absolute atomic E-state index is 12.3. The van der Waals surface area contributed by atoms with Gasteiger partial charge in [-0.15, -0.1) is 0 Å². The average Bonchev–Trinajstić information content (AvgIpc) is 2.97. The van der Waals surface area contributed by atoms with Gasteiger partial charge in [-0.2, -0.15) is 8.78 Å². The molecule has 0 spiro atoms. The molecule has 0 radical (unpaired) electrons. The molecule has 148 valence electrons. The van der Waals surface area contributed by atoms with E-state index in [9.17, 15) is 18.4 Å². The zero-order valence-electron chi connectivity index (χ0n) is 15.2. The van der Waals surface area contributed by atoms with Crippen LogP contribution in [0.3, 0.4) is 0 Å². The summed E-state index contributed by atoms with van der Waals surface area (Å²) in [6.45, 7) is -0.854. The molecule has 8 heteroatoms. The van der Waals surface area contributed by atoms with Gasteiger partial charge in [0, 0.05) is 0 Å². The summed E-state index contributed by atoms with van der Waals surface area (Å²) >= 11 is 0. The predicted molar refractivity (Wildman–Crippen MR) is 98.4 cm³/mol. The standard InChI is InChI=1S/C20H19F2NO5/c1-2-3-10-26-18(24)12-23-16-11-14(6-9-17(16)28-20(23)25)13-4-7-15(8-5-13)27-19(21)22/h4-9,11,19H,2-3,10,12H2,1H3. The van der Waals surface area contributed by atoms with E-state index < -0.39 is 18.3 Å². The Kier molecular flexibility index (Phi) is 6.08. The van der Waals surface area contributed by atoms with Gasteiger partial charge in [-0.05, 0) is 41.8 Å². The van der Waals surface area contributed by atoms with E-state index in [0.717, 1.165) is 24.0 Å². The van der Waals surface area contributed by atoms with E-state index in [4.69, 9.17) is 9.15 Å². The minimum atomic E-state index is -2.89. The van der Waals surface area contributed by atoms with Gasteiger partial charge in [0.05, 0.1) is 12.1 Å². The van der Waals surface area contributed by atoms with Crippen molar-refractivity contribution in [1.29, 1.82) is 0 Å². The molecule has 0 atom stereocenters. The highest BCUT2D eigenvalue weighted by atomic mass is 19.3. The maximum atomic E-state index is 12.3. The zero-order chi connectivity index (χ0) is 20.1. The minimum absolute atomic E-state index is 0.0508. The molecule has 0 saturated carbocycles. The van der Waals surface area contributed by atoms with Crippen LogP contribution in [0.15, 0.2) is 51.7 Å². The number of halogens is 2. The maximum Gasteiger partial charge on any atom is 0.420 e. The monoisotopic (exact) mass is 391 g/mol. The van der Waals surface area contributed by atoms with Gasteiger partial charge in [0.1, 0.15) is 12.3 Å². The number of hydrogen-bond acceptors (Lipinski definition) is 5. The molecule has 0 fully saturated rings. The number of hydrogen-bond donors (Lipinski definition) is 0. The first-order valence-corrected chi connectivity index (χ1v) is 8.82. The first-order valence-electron chi connectivity index (χ1n) is 8.82. The predicted octanol–water partition coefficient (Wildman–Crippen LogP) is 4.21. The van der Waals surface area contributed by atoms with Crippen molar-refractivity contribution in [2.75, 3.05) is 6.61 Å². The molecule has 0 amide bonds. The van der Waals surface area contributed by atoms with Crippen molar-refractivity contribution >= 4 is 17.1 Å². The number of oxazole rings is 1. The van der Waals surface area contributed by atoms with Crippen molar-refractivity contribution in [2.45, 2.75) is 32.9 Å². The Labute approximate surface area is 159 Å². The van der Waals surface area contributed by atoms with E-state index in [-0.39, 0.29) is 12.3 Å². The van der Waals surface area contributed by atoms with Crippen LogP contribution in [0.2, 0.25) is 0 Å². The van der Waals surface area contributed by atoms with E-state index in [1.165, 1.54) is 16.7 Å². The van der Waals surface area contributed by atoms with Crippen LogP contribution in [-0.4, -0.2) is 23.8 Å². The fourth-order valence-corrected chi connectivity index (χ4v) is 2.73. The first-order chi connectivity index (χ1) is 13.5. The number of carbonyl (C=O) groups is 1. The lowest BCUT2D eigenvalue weighted by Gasteiger charge is -2.07. The van der Waals surface area contributed by atoms with Crippen LogP contribution in [0.1, 0.15) is 19.8 Å². The minimum Gasteiger partial charge on any atom is -0.464 e. The van der Waals surface area contributed by atoms with Gasteiger partial charge >= 0.3 is 18.3 Å². The molecule has 28 heavy (non-hydrogen) atoms. The number of alkyl halides is 2. The molecule has 3 aromatic rings. The molecule has 0 aliphatic carbocycles. The topological polar surface area (TPSA) is 70.7 Å². The van der Waals surface area contributed by atoms with Gasteiger partial charge in [0.2, 0.25) is 0 Å². The van der Waals surface area contributed by atoms with Crippen LogP contribution in [0.4, 0.5) is 8.78 Å². The van der Waals surface area contributed by atoms with Gasteiger partial charge in [-0.25, -0.2) is 4.79 Å². The Bertz CT molecular complexity index is 1010. The Morgan fingerprint density at radius 3 is 2.54 bits per heavy atom. The van der Waals surface area contributed by atoms with Crippen LogP contribution in [0.5, 0.6) is 5.75 Å². The summed E-state index contributed by atoms with van der Waals surface area (Å²) in [6.07, 6.45) is 1.65. The van der Waals surface area contributed by atoms with Crippen LogP contribution in [0, 0.1) is 0 Å². The highest BCUT2D eigenvalue weighted by molar-refractivity contribution is 5.82. The SMILES string of the molecule is CCCCOC(=O)Cn1c(=O)oc2ccc(-c3ccc(OC(F)F)cc3)cc21. The molecule has 6 nitrogen and oxygen atoms in total. The second-order valence-corrected chi connectivity index (χ2v) is 6.11. The van der Waals surface area contributed by atoms with E-state index in [0.29, 0.717) is 17.7 Å². The van der Waals surface area contributed by atoms with Crippen molar-refractivity contribution in [1.82, 2.24) is 4.57 Å². The highest BCUT2D eigenvalue weighted by Crippen LogP contribution is 2.26. The number of nitrogens with zero attached hydrogens (tertiary/aromatic N) is 1. The molecule has 0 aliphatic rings. The number of rotatable bonds is 8. The molecule has 0 aliphatic heterocycles. The second kappa shape index (κ2) is 8.69. The summed E-state index contributed by atoms with van der Waals surface area (Å²) < 4.78 is 40.4. The number of benzene rings is 2. The fourth-order valence-electron chi connectivity index (χ4n) is 2.73. The van der Waals surface area contributed by atoms with Gasteiger partial charge in [-0.3, -0.25) is 9.36 Å². The number of ether oxygens (including phenoxy) is 2. The van der Waals surface area contributed by atoms with Crippen molar-refractivity contribution < 1.29 is 27.5 Å². The second-order valence-electron chi connectivity index (χ2n) is 6.11. The van der Waals surface area contributed by atoms with Crippen LogP contribution < -0.4 is 10.5 Å². The van der Waals surface area contributed by atoms with Gasteiger partial charge in [0.25, 0.3) is 0 Å². The normalized spacial score (nSPS) is 11.1. The summed E-state index contributed by atoms with van der Waals surface area (Å²) in [5.74, 6) is -1.12. The summed E-state index contributed by atoms with van der Waals surface area (Å²) in [4.78, 5) is 24.1. The highest BCUT2D eigenvalue weighted by Gasteiger charge is 2.15. The molecular formula is C20H19F2NO5. The number of carbonyl (C=O) groups excluding carboxylic acids is 1. The first kappa shape index (κ1) is 19.6. The number of esters is 1. The lowest BCUT2D eigenvalue weighted by atomic mass is 10.1. The molecule has 0 bridgehead atoms. The smallest absolute Gasteiger partial charge is 0.420 e. The Morgan fingerprint density at radius 2 is 1.86 bits per heavy atom. The van der Waals surface area contributed by atoms with E-state index in [1.54, 1.807) is 30.3 Å². The molecule has 0 unspecified atom stereocenters. The average molecular weight is 391 g/mol. The van der Waals surface area contributed by atoms with Crippen molar-refractivity contribution in [2.24, 2.45) is 0 Å². The van der Waals surface area contributed by atoms with Gasteiger partial charge < -0.3 is 13.9 Å². The van der Waals surface area contributed by atoms with E-state index in [1.807, 2.05) is 6.92 Å². The number of unbranched alkanes of at least 4 members (excludes halogenated alkanes) is 1. The summed E-state index contributed by atoms with van der Waals surface area (Å²) in [6, 6.07) is 11.2. The molecule has 1 aromatic heterocycles. The number of aromatic nitrogens is 1. The molecule has 0 saturated heterocycles. The Morgan fingerprint density at radius 1 is 1.14 bits per heavy atom.